The Morgan fingerprint density at radius 1 is 0.941 bits per heavy atom. The van der Waals surface area contributed by atoms with Crippen LogP contribution in [0.3, 0.4) is 0 Å². The first-order chi connectivity index (χ1) is 7.90. The third-order valence-electron chi connectivity index (χ3n) is 1.90. The molecule has 0 aliphatic rings. The van der Waals surface area contributed by atoms with Gasteiger partial charge in [-0.2, -0.15) is 0 Å². The molecule has 17 heavy (non-hydrogen) atoms. The van der Waals surface area contributed by atoms with Crippen molar-refractivity contribution in [1.29, 1.82) is 0 Å². The average molecular weight is 276 g/mol. The third-order valence-corrected chi connectivity index (χ3v) is 2.26. The van der Waals surface area contributed by atoms with Crippen LogP contribution < -0.4 is 5.32 Å². The number of alkyl halides is 1. The van der Waals surface area contributed by atoms with Gasteiger partial charge in [0.15, 0.2) is 23.3 Å². The molecule has 0 bridgehead atoms. The summed E-state index contributed by atoms with van der Waals surface area (Å²) in [5, 5.41) is 10.9. The smallest absolute Gasteiger partial charge is 0.200 e. The van der Waals surface area contributed by atoms with Crippen molar-refractivity contribution in [2.45, 2.75) is 6.10 Å². The lowest BCUT2D eigenvalue weighted by molar-refractivity contribution is 0.211. The van der Waals surface area contributed by atoms with Crippen molar-refractivity contribution in [2.24, 2.45) is 0 Å². The Labute approximate surface area is 98.0 Å². The SMILES string of the molecule is OC(CCl)CNc1c(F)c(F)c(F)c(F)c1F. The minimum Gasteiger partial charge on any atom is -0.390 e. The summed E-state index contributed by atoms with van der Waals surface area (Å²) >= 11 is 5.20. The number of aliphatic hydroxyl groups excluding tert-OH is 1. The first kappa shape index (κ1) is 14.0. The Morgan fingerprint density at radius 2 is 1.35 bits per heavy atom. The number of nitrogens with one attached hydrogen (secondary N) is 1. The third kappa shape index (κ3) is 2.78. The molecule has 2 N–H and O–H groups in total. The van der Waals surface area contributed by atoms with Crippen molar-refractivity contribution in [3.8, 4) is 0 Å². The predicted octanol–water partition coefficient (Wildman–Crippen LogP) is 2.39. The van der Waals surface area contributed by atoms with Gasteiger partial charge in [-0.15, -0.1) is 11.6 Å². The number of hydrogen-bond donors (Lipinski definition) is 2. The minimum absolute atomic E-state index is 0.248. The van der Waals surface area contributed by atoms with Crippen LogP contribution in [0.25, 0.3) is 0 Å². The van der Waals surface area contributed by atoms with Crippen molar-refractivity contribution in [2.75, 3.05) is 17.7 Å². The first-order valence-corrected chi connectivity index (χ1v) is 4.92. The molecule has 96 valence electrons. The fourth-order valence-corrected chi connectivity index (χ4v) is 1.14. The zero-order valence-corrected chi connectivity index (χ0v) is 8.96. The lowest BCUT2D eigenvalue weighted by atomic mass is 10.2. The molecule has 8 heteroatoms. The quantitative estimate of drug-likeness (QED) is 0.383. The Kier molecular flexibility index (Phi) is 4.53. The summed E-state index contributed by atoms with van der Waals surface area (Å²) < 4.78 is 64.2. The molecule has 0 aliphatic carbocycles. The molecule has 0 spiro atoms. The molecular formula is C9H7ClF5NO. The number of halogens is 6. The molecule has 0 amide bonds. The van der Waals surface area contributed by atoms with E-state index in [1.165, 1.54) is 0 Å². The van der Waals surface area contributed by atoms with Gasteiger partial charge in [-0.1, -0.05) is 0 Å². The summed E-state index contributed by atoms with van der Waals surface area (Å²) in [4.78, 5) is 0. The highest BCUT2D eigenvalue weighted by Gasteiger charge is 2.25. The van der Waals surface area contributed by atoms with Gasteiger partial charge in [-0.3, -0.25) is 0 Å². The van der Waals surface area contributed by atoms with Crippen molar-refractivity contribution in [1.82, 2.24) is 0 Å². The van der Waals surface area contributed by atoms with Crippen LogP contribution >= 0.6 is 11.6 Å². The molecule has 0 aliphatic heterocycles. The van der Waals surface area contributed by atoms with Crippen molar-refractivity contribution in [3.05, 3.63) is 29.1 Å². The Bertz CT molecular complexity index is 399. The fourth-order valence-electron chi connectivity index (χ4n) is 1.03. The van der Waals surface area contributed by atoms with Crippen LogP contribution in [0.1, 0.15) is 0 Å². The van der Waals surface area contributed by atoms with Crippen molar-refractivity contribution >= 4 is 17.3 Å². The maximum atomic E-state index is 13.1. The highest BCUT2D eigenvalue weighted by molar-refractivity contribution is 6.18. The minimum atomic E-state index is -2.23. The zero-order chi connectivity index (χ0) is 13.2. The fraction of sp³-hybridized carbons (Fsp3) is 0.333. The van der Waals surface area contributed by atoms with Gasteiger partial charge in [-0.25, -0.2) is 22.0 Å². The van der Waals surface area contributed by atoms with Gasteiger partial charge in [0.2, 0.25) is 5.82 Å². The molecule has 1 atom stereocenters. The monoisotopic (exact) mass is 275 g/mol. The van der Waals surface area contributed by atoms with E-state index >= 15 is 0 Å². The average Bonchev–Trinajstić information content (AvgIpc) is 2.33. The van der Waals surface area contributed by atoms with Gasteiger partial charge in [0.05, 0.1) is 12.0 Å². The Balaban J connectivity index is 3.07. The number of hydrogen-bond acceptors (Lipinski definition) is 2. The predicted molar refractivity (Wildman–Crippen MR) is 51.4 cm³/mol. The molecule has 0 saturated heterocycles. The summed E-state index contributed by atoms with van der Waals surface area (Å²) in [7, 11) is 0. The summed E-state index contributed by atoms with van der Waals surface area (Å²) in [6.07, 6.45) is -1.17. The van der Waals surface area contributed by atoms with Crippen molar-refractivity contribution in [3.63, 3.8) is 0 Å². The zero-order valence-electron chi connectivity index (χ0n) is 8.21. The topological polar surface area (TPSA) is 32.3 Å². The lowest BCUT2D eigenvalue weighted by Crippen LogP contribution is -2.22. The molecule has 1 unspecified atom stereocenters. The van der Waals surface area contributed by atoms with E-state index in [1.807, 2.05) is 5.32 Å². The van der Waals surface area contributed by atoms with Gasteiger partial charge < -0.3 is 10.4 Å². The van der Waals surface area contributed by atoms with Crippen molar-refractivity contribution < 1.29 is 27.1 Å². The number of benzene rings is 1. The maximum absolute atomic E-state index is 13.1. The van der Waals surface area contributed by atoms with E-state index in [2.05, 4.69) is 0 Å². The number of anilines is 1. The van der Waals surface area contributed by atoms with E-state index in [-0.39, 0.29) is 5.88 Å². The van der Waals surface area contributed by atoms with E-state index in [0.717, 1.165) is 0 Å². The number of aliphatic hydroxyl groups is 1. The molecule has 1 aromatic rings. The molecule has 1 rings (SSSR count). The molecule has 1 aromatic carbocycles. The highest BCUT2D eigenvalue weighted by Crippen LogP contribution is 2.26. The molecule has 2 nitrogen and oxygen atoms in total. The van der Waals surface area contributed by atoms with Crippen LogP contribution in [-0.4, -0.2) is 23.6 Å². The summed E-state index contributed by atoms with van der Waals surface area (Å²) in [6, 6.07) is 0. The molecule has 0 heterocycles. The van der Waals surface area contributed by atoms with E-state index in [4.69, 9.17) is 16.7 Å². The van der Waals surface area contributed by atoms with Gasteiger partial charge >= 0.3 is 0 Å². The van der Waals surface area contributed by atoms with Gasteiger partial charge in [0.25, 0.3) is 0 Å². The summed E-state index contributed by atoms with van der Waals surface area (Å²) in [6.45, 7) is -0.443. The van der Waals surface area contributed by atoms with Crippen LogP contribution in [0.2, 0.25) is 0 Å². The van der Waals surface area contributed by atoms with Crippen LogP contribution in [-0.2, 0) is 0 Å². The first-order valence-electron chi connectivity index (χ1n) is 4.39. The Morgan fingerprint density at radius 3 is 1.76 bits per heavy atom. The number of rotatable bonds is 4. The second-order valence-electron chi connectivity index (χ2n) is 3.13. The second-order valence-corrected chi connectivity index (χ2v) is 3.44. The van der Waals surface area contributed by atoms with Crippen LogP contribution in [0, 0.1) is 29.1 Å². The largest absolute Gasteiger partial charge is 0.390 e. The molecule has 0 aromatic heterocycles. The highest BCUT2D eigenvalue weighted by atomic mass is 35.5. The van der Waals surface area contributed by atoms with Crippen LogP contribution in [0.4, 0.5) is 27.6 Å². The molecular weight excluding hydrogens is 269 g/mol. The molecule has 0 fully saturated rings. The van der Waals surface area contributed by atoms with E-state index in [0.29, 0.717) is 0 Å². The lowest BCUT2D eigenvalue weighted by Gasteiger charge is -2.12. The van der Waals surface area contributed by atoms with Gasteiger partial charge in [-0.05, 0) is 0 Å². The normalized spacial score (nSPS) is 12.6. The van der Waals surface area contributed by atoms with E-state index in [9.17, 15) is 22.0 Å². The maximum Gasteiger partial charge on any atom is 0.200 e. The summed E-state index contributed by atoms with van der Waals surface area (Å²) in [5.74, 6) is -10.5. The van der Waals surface area contributed by atoms with Crippen LogP contribution in [0.15, 0.2) is 0 Å². The van der Waals surface area contributed by atoms with Crippen LogP contribution in [0.5, 0.6) is 0 Å². The van der Waals surface area contributed by atoms with E-state index in [1.54, 1.807) is 0 Å². The van der Waals surface area contributed by atoms with Gasteiger partial charge in [0.1, 0.15) is 5.69 Å². The molecule has 0 radical (unpaired) electrons. The van der Waals surface area contributed by atoms with Gasteiger partial charge in [0, 0.05) is 6.54 Å². The summed E-state index contributed by atoms with van der Waals surface area (Å²) in [5.41, 5.74) is -1.19. The standard InChI is InChI=1S/C9H7ClF5NO/c10-1-3(17)2-16-9-7(14)5(12)4(11)6(13)8(9)15/h3,16-17H,1-2H2. The molecule has 0 saturated carbocycles. The second kappa shape index (κ2) is 5.50. The van der Waals surface area contributed by atoms with E-state index < -0.39 is 47.4 Å². The Hall–Kier alpha value is -1.08.